The van der Waals surface area contributed by atoms with E-state index >= 15 is 0 Å². The molecular formula is C20H20F3N5O3S. The Bertz CT molecular complexity index is 1100. The molecule has 2 aliphatic heterocycles. The van der Waals surface area contributed by atoms with Gasteiger partial charge in [-0.3, -0.25) is 14.9 Å². The minimum absolute atomic E-state index is 0.00968. The number of primary amides is 1. The van der Waals surface area contributed by atoms with Crippen molar-refractivity contribution in [3.63, 3.8) is 0 Å². The third-order valence-corrected chi connectivity index (χ3v) is 6.77. The van der Waals surface area contributed by atoms with Crippen molar-refractivity contribution in [1.29, 1.82) is 0 Å². The third kappa shape index (κ3) is 4.01. The quantitative estimate of drug-likeness (QED) is 0.643. The van der Waals surface area contributed by atoms with Crippen LogP contribution in [0.2, 0.25) is 0 Å². The van der Waals surface area contributed by atoms with E-state index in [9.17, 15) is 27.6 Å². The zero-order valence-electron chi connectivity index (χ0n) is 17.0. The molecule has 0 bridgehead atoms. The first kappa shape index (κ1) is 22.1. The summed E-state index contributed by atoms with van der Waals surface area (Å²) in [5.74, 6) is -2.93. The largest absolute Gasteiger partial charge is 0.397 e. The van der Waals surface area contributed by atoms with Gasteiger partial charge in [0, 0.05) is 18.7 Å². The highest BCUT2D eigenvalue weighted by molar-refractivity contribution is 7.19. The SMILES string of the molecule is Cc1nc(NC(=O)N2CCCC2C(N)=O)sc1-c1ccc2c(c1)C(C(F)(F)F)CNC2=O. The first-order valence-electron chi connectivity index (χ1n) is 9.90. The van der Waals surface area contributed by atoms with Gasteiger partial charge in [-0.1, -0.05) is 17.4 Å². The summed E-state index contributed by atoms with van der Waals surface area (Å²) in [6.07, 6.45) is -3.35. The van der Waals surface area contributed by atoms with Crippen LogP contribution in [0.15, 0.2) is 18.2 Å². The number of thiazole rings is 1. The van der Waals surface area contributed by atoms with Crippen LogP contribution >= 0.6 is 11.3 Å². The van der Waals surface area contributed by atoms with Crippen LogP contribution in [0.3, 0.4) is 0 Å². The average Bonchev–Trinajstić information content (AvgIpc) is 3.34. The van der Waals surface area contributed by atoms with Crippen molar-refractivity contribution in [2.75, 3.05) is 18.4 Å². The number of fused-ring (bicyclic) bond motifs is 1. The Morgan fingerprint density at radius 1 is 1.34 bits per heavy atom. The van der Waals surface area contributed by atoms with Gasteiger partial charge in [-0.15, -0.1) is 0 Å². The van der Waals surface area contributed by atoms with Crippen molar-refractivity contribution in [3.8, 4) is 10.4 Å². The molecular weight excluding hydrogens is 447 g/mol. The maximum absolute atomic E-state index is 13.5. The van der Waals surface area contributed by atoms with Crippen molar-refractivity contribution >= 4 is 34.3 Å². The highest BCUT2D eigenvalue weighted by Gasteiger charge is 2.44. The number of nitrogens with two attached hydrogens (primary N) is 1. The van der Waals surface area contributed by atoms with E-state index in [2.05, 4.69) is 15.6 Å². The summed E-state index contributed by atoms with van der Waals surface area (Å²) in [6, 6.07) is 3.11. The van der Waals surface area contributed by atoms with Crippen LogP contribution in [0.4, 0.5) is 23.1 Å². The number of urea groups is 1. The second-order valence-electron chi connectivity index (χ2n) is 7.72. The van der Waals surface area contributed by atoms with Crippen LogP contribution in [-0.4, -0.2) is 53.0 Å². The molecule has 12 heteroatoms. The van der Waals surface area contributed by atoms with Crippen molar-refractivity contribution in [1.82, 2.24) is 15.2 Å². The molecule has 2 aromatic rings. The van der Waals surface area contributed by atoms with Gasteiger partial charge in [-0.25, -0.2) is 9.78 Å². The maximum Gasteiger partial charge on any atom is 0.397 e. The van der Waals surface area contributed by atoms with E-state index in [-0.39, 0.29) is 16.3 Å². The van der Waals surface area contributed by atoms with E-state index < -0.39 is 42.5 Å². The number of anilines is 1. The summed E-state index contributed by atoms with van der Waals surface area (Å²) in [4.78, 5) is 42.4. The average molecular weight is 467 g/mol. The number of amides is 4. The Kier molecular flexibility index (Phi) is 5.57. The lowest BCUT2D eigenvalue weighted by molar-refractivity contribution is -0.149. The fourth-order valence-electron chi connectivity index (χ4n) is 4.08. The number of carbonyl (C=O) groups excluding carboxylic acids is 3. The fourth-order valence-corrected chi connectivity index (χ4v) is 5.03. The molecule has 2 aliphatic rings. The summed E-state index contributed by atoms with van der Waals surface area (Å²) >= 11 is 1.10. The van der Waals surface area contributed by atoms with Crippen LogP contribution < -0.4 is 16.4 Å². The van der Waals surface area contributed by atoms with E-state index in [1.807, 2.05) is 0 Å². The summed E-state index contributed by atoms with van der Waals surface area (Å²) < 4.78 is 40.5. The Labute approximate surface area is 185 Å². The second kappa shape index (κ2) is 8.08. The molecule has 0 radical (unpaired) electrons. The molecule has 1 fully saturated rings. The van der Waals surface area contributed by atoms with Crippen LogP contribution in [0.5, 0.6) is 0 Å². The monoisotopic (exact) mass is 467 g/mol. The Hall–Kier alpha value is -3.15. The van der Waals surface area contributed by atoms with Gasteiger partial charge in [0.2, 0.25) is 5.91 Å². The Morgan fingerprint density at radius 3 is 2.78 bits per heavy atom. The van der Waals surface area contributed by atoms with E-state index in [0.29, 0.717) is 35.5 Å². The van der Waals surface area contributed by atoms with Gasteiger partial charge >= 0.3 is 12.2 Å². The molecule has 4 N–H and O–H groups in total. The molecule has 2 unspecified atom stereocenters. The molecule has 32 heavy (non-hydrogen) atoms. The highest BCUT2D eigenvalue weighted by Crippen LogP contribution is 2.41. The smallest absolute Gasteiger partial charge is 0.368 e. The zero-order chi connectivity index (χ0) is 23.2. The maximum atomic E-state index is 13.5. The topological polar surface area (TPSA) is 117 Å². The lowest BCUT2D eigenvalue weighted by Crippen LogP contribution is -2.45. The van der Waals surface area contributed by atoms with Crippen molar-refractivity contribution in [2.24, 2.45) is 5.73 Å². The van der Waals surface area contributed by atoms with Crippen LogP contribution in [0.1, 0.15) is 40.4 Å². The van der Waals surface area contributed by atoms with E-state index in [0.717, 1.165) is 11.3 Å². The number of aromatic nitrogens is 1. The number of hydrogen-bond acceptors (Lipinski definition) is 5. The van der Waals surface area contributed by atoms with Gasteiger partial charge in [0.1, 0.15) is 6.04 Å². The predicted molar refractivity (Wildman–Crippen MR) is 111 cm³/mol. The molecule has 1 saturated heterocycles. The normalized spacial score (nSPS) is 20.6. The second-order valence-corrected chi connectivity index (χ2v) is 8.72. The van der Waals surface area contributed by atoms with Gasteiger partial charge in [0.25, 0.3) is 5.91 Å². The molecule has 3 heterocycles. The van der Waals surface area contributed by atoms with Gasteiger partial charge in [-0.05, 0) is 43.0 Å². The summed E-state index contributed by atoms with van der Waals surface area (Å²) in [5, 5.41) is 5.17. The first-order valence-corrected chi connectivity index (χ1v) is 10.7. The number of halogens is 3. The molecule has 0 aliphatic carbocycles. The van der Waals surface area contributed by atoms with Gasteiger partial charge in [0.15, 0.2) is 5.13 Å². The summed E-state index contributed by atoms with van der Waals surface area (Å²) in [6.45, 7) is 1.55. The number of rotatable bonds is 3. The van der Waals surface area contributed by atoms with Crippen molar-refractivity contribution in [3.05, 3.63) is 35.0 Å². The summed E-state index contributed by atoms with van der Waals surface area (Å²) in [5.41, 5.74) is 6.24. The first-order chi connectivity index (χ1) is 15.1. The molecule has 4 rings (SSSR count). The van der Waals surface area contributed by atoms with Crippen molar-refractivity contribution < 1.29 is 27.6 Å². The van der Waals surface area contributed by atoms with Gasteiger partial charge in [0.05, 0.1) is 16.5 Å². The molecule has 0 spiro atoms. The number of alkyl halides is 3. The molecule has 1 aromatic carbocycles. The number of likely N-dealkylation sites (tertiary alicyclic amines) is 1. The number of carbonyl (C=O) groups is 3. The van der Waals surface area contributed by atoms with Crippen LogP contribution in [0.25, 0.3) is 10.4 Å². The Morgan fingerprint density at radius 2 is 2.09 bits per heavy atom. The number of nitrogens with one attached hydrogen (secondary N) is 2. The van der Waals surface area contributed by atoms with Gasteiger partial charge in [-0.2, -0.15) is 13.2 Å². The van der Waals surface area contributed by atoms with E-state index in [1.54, 1.807) is 13.0 Å². The molecule has 8 nitrogen and oxygen atoms in total. The predicted octanol–water partition coefficient (Wildman–Crippen LogP) is 2.99. The third-order valence-electron chi connectivity index (χ3n) is 5.65. The molecule has 1 aromatic heterocycles. The standard InChI is InChI=1S/C20H20F3N5O3S/c1-9-15(32-18(26-9)27-19(31)28-6-2-3-14(28)16(24)29)10-4-5-11-12(7-10)13(20(21,22)23)8-25-17(11)30/h4-5,7,13-14H,2-3,6,8H2,1H3,(H2,24,29)(H,25,30)(H,26,27,31). The molecule has 4 amide bonds. The van der Waals surface area contributed by atoms with Crippen LogP contribution in [0, 0.1) is 6.92 Å². The molecule has 2 atom stereocenters. The number of benzene rings is 1. The van der Waals surface area contributed by atoms with E-state index in [4.69, 9.17) is 5.73 Å². The van der Waals surface area contributed by atoms with Gasteiger partial charge < -0.3 is 16.0 Å². The lowest BCUT2D eigenvalue weighted by Gasteiger charge is -2.28. The summed E-state index contributed by atoms with van der Waals surface area (Å²) in [7, 11) is 0. The highest BCUT2D eigenvalue weighted by atomic mass is 32.1. The Balaban J connectivity index is 1.61. The van der Waals surface area contributed by atoms with E-state index in [1.165, 1.54) is 17.0 Å². The minimum Gasteiger partial charge on any atom is -0.368 e. The number of hydrogen-bond donors (Lipinski definition) is 3. The number of aryl methyl sites for hydroxylation is 1. The van der Waals surface area contributed by atoms with Crippen LogP contribution in [-0.2, 0) is 4.79 Å². The molecule has 170 valence electrons. The van der Waals surface area contributed by atoms with Crippen molar-refractivity contribution in [2.45, 2.75) is 37.9 Å². The lowest BCUT2D eigenvalue weighted by atomic mass is 9.88. The molecule has 0 saturated carbocycles. The zero-order valence-corrected chi connectivity index (χ0v) is 17.8. The minimum atomic E-state index is -4.50. The fraction of sp³-hybridized carbons (Fsp3) is 0.400. The number of nitrogens with zero attached hydrogens (tertiary/aromatic N) is 2.